The lowest BCUT2D eigenvalue weighted by Crippen LogP contribution is -2.58. The molecule has 1 saturated carbocycles. The molecule has 0 aliphatic heterocycles. The van der Waals surface area contributed by atoms with E-state index in [0.717, 1.165) is 6.42 Å². The summed E-state index contributed by atoms with van der Waals surface area (Å²) >= 11 is 6.60. The molecule has 0 spiro atoms. The minimum Gasteiger partial charge on any atom is -0.355 e. The van der Waals surface area contributed by atoms with Gasteiger partial charge in [0.15, 0.2) is 4.75 Å². The molecule has 5 atom stereocenters. The van der Waals surface area contributed by atoms with Crippen LogP contribution in [0.3, 0.4) is 0 Å². The molecule has 0 heterocycles. The monoisotopic (exact) mass is 323 g/mol. The molecule has 1 aromatic carbocycles. The van der Waals surface area contributed by atoms with Crippen molar-refractivity contribution in [3.63, 3.8) is 0 Å². The molecule has 0 saturated heterocycles. The summed E-state index contributed by atoms with van der Waals surface area (Å²) in [5, 5.41) is 2.41. The summed E-state index contributed by atoms with van der Waals surface area (Å²) < 4.78 is 12.2. The first-order chi connectivity index (χ1) is 10.1. The molecule has 1 N–H and O–H groups in total. The van der Waals surface area contributed by atoms with Crippen LogP contribution in [0.25, 0.3) is 0 Å². The second-order valence-electron chi connectivity index (χ2n) is 5.53. The van der Waals surface area contributed by atoms with Crippen LogP contribution in [0.15, 0.2) is 47.4 Å². The van der Waals surface area contributed by atoms with Gasteiger partial charge in [0.2, 0.25) is 5.91 Å². The van der Waals surface area contributed by atoms with Crippen molar-refractivity contribution in [1.29, 1.82) is 0 Å². The molecule has 0 aromatic heterocycles. The number of hydrogen-bond acceptors (Lipinski definition) is 2. The highest BCUT2D eigenvalue weighted by atomic mass is 35.5. The van der Waals surface area contributed by atoms with E-state index in [2.05, 4.69) is 11.4 Å². The van der Waals surface area contributed by atoms with Crippen LogP contribution in [0.2, 0.25) is 0 Å². The van der Waals surface area contributed by atoms with Gasteiger partial charge >= 0.3 is 0 Å². The third-order valence-corrected chi connectivity index (χ3v) is 7.26. The molecule has 21 heavy (non-hydrogen) atoms. The smallest absolute Gasteiger partial charge is 0.241 e. The molecule has 0 unspecified atom stereocenters. The summed E-state index contributed by atoms with van der Waals surface area (Å²) in [6.45, 7) is 2.38. The molecule has 5 heteroatoms. The number of rotatable bonds is 4. The van der Waals surface area contributed by atoms with Crippen molar-refractivity contribution < 1.29 is 9.00 Å². The van der Waals surface area contributed by atoms with E-state index in [4.69, 9.17) is 11.6 Å². The Bertz CT molecular complexity index is 604. The SMILES string of the molecule is CCNC(=O)[C@@]1([S@](=O)c2ccccc2)[C@@H]2C=C[C@@H](C2)[C@@H]1Cl. The van der Waals surface area contributed by atoms with Crippen molar-refractivity contribution in [2.24, 2.45) is 11.8 Å². The first-order valence-electron chi connectivity index (χ1n) is 7.20. The van der Waals surface area contributed by atoms with E-state index < -0.39 is 20.9 Å². The van der Waals surface area contributed by atoms with Crippen LogP contribution in [0.5, 0.6) is 0 Å². The van der Waals surface area contributed by atoms with Crippen LogP contribution in [0, 0.1) is 11.8 Å². The summed E-state index contributed by atoms with van der Waals surface area (Å²) in [6.07, 6.45) is 4.88. The van der Waals surface area contributed by atoms with Crippen molar-refractivity contribution in [1.82, 2.24) is 5.32 Å². The quantitative estimate of drug-likeness (QED) is 0.683. The predicted octanol–water partition coefficient (Wildman–Crippen LogP) is 2.48. The van der Waals surface area contributed by atoms with Gasteiger partial charge in [-0.2, -0.15) is 0 Å². The minimum atomic E-state index is -1.47. The fourth-order valence-corrected chi connectivity index (χ4v) is 5.99. The molecule has 2 aliphatic rings. The van der Waals surface area contributed by atoms with Gasteiger partial charge in [-0.15, -0.1) is 11.6 Å². The maximum absolute atomic E-state index is 13.2. The predicted molar refractivity (Wildman–Crippen MR) is 84.6 cm³/mol. The Morgan fingerprint density at radius 1 is 1.38 bits per heavy atom. The van der Waals surface area contributed by atoms with Crippen LogP contribution in [0.4, 0.5) is 0 Å². The maximum Gasteiger partial charge on any atom is 0.241 e. The molecular formula is C16H18ClNO2S. The van der Waals surface area contributed by atoms with E-state index in [1.165, 1.54) is 0 Å². The first-order valence-corrected chi connectivity index (χ1v) is 8.78. The van der Waals surface area contributed by atoms with E-state index in [1.807, 2.05) is 31.2 Å². The molecule has 3 rings (SSSR count). The number of alkyl halides is 1. The number of allylic oxidation sites excluding steroid dienone is 2. The van der Waals surface area contributed by atoms with Crippen molar-refractivity contribution >= 4 is 28.3 Å². The number of carbonyl (C=O) groups is 1. The minimum absolute atomic E-state index is 0.0578. The average molecular weight is 324 g/mol. The van der Waals surface area contributed by atoms with Crippen LogP contribution in [-0.4, -0.2) is 26.8 Å². The molecular weight excluding hydrogens is 306 g/mol. The normalized spacial score (nSPS) is 34.9. The Morgan fingerprint density at radius 3 is 2.67 bits per heavy atom. The van der Waals surface area contributed by atoms with Gasteiger partial charge in [-0.25, -0.2) is 0 Å². The number of benzene rings is 1. The lowest BCUT2D eigenvalue weighted by atomic mass is 9.91. The summed E-state index contributed by atoms with van der Waals surface area (Å²) in [4.78, 5) is 13.4. The molecule has 0 radical (unpaired) electrons. The summed E-state index contributed by atoms with van der Waals surface area (Å²) in [5.74, 6) is -0.117. The van der Waals surface area contributed by atoms with E-state index in [0.29, 0.717) is 11.4 Å². The summed E-state index contributed by atoms with van der Waals surface area (Å²) in [5.41, 5.74) is 0. The number of carbonyl (C=O) groups excluding carboxylic acids is 1. The van der Waals surface area contributed by atoms with Crippen LogP contribution >= 0.6 is 11.6 Å². The van der Waals surface area contributed by atoms with Gasteiger partial charge in [-0.05, 0) is 31.4 Å². The summed E-state index contributed by atoms with van der Waals surface area (Å²) in [7, 11) is -1.47. The fraction of sp³-hybridized carbons (Fsp3) is 0.438. The Balaban J connectivity index is 2.08. The third kappa shape index (κ3) is 2.08. The zero-order valence-electron chi connectivity index (χ0n) is 11.8. The van der Waals surface area contributed by atoms with Crippen molar-refractivity contribution in [2.45, 2.75) is 28.4 Å². The Morgan fingerprint density at radius 2 is 2.10 bits per heavy atom. The second-order valence-corrected chi connectivity index (χ2v) is 7.68. The average Bonchev–Trinajstić information content (AvgIpc) is 3.08. The van der Waals surface area contributed by atoms with E-state index >= 15 is 0 Å². The van der Waals surface area contributed by atoms with Gasteiger partial charge in [-0.3, -0.25) is 9.00 Å². The standard InChI is InChI=1S/C16H18ClNO2S/c1-2-18-15(19)16(12-9-8-11(10-12)14(16)17)21(20)13-6-4-3-5-7-13/h3-9,11-12,14H,2,10H2,1H3,(H,18,19)/t11-,12+,14-,16+,21+/m0/s1. The highest BCUT2D eigenvalue weighted by Gasteiger charge is 2.63. The number of halogens is 1. The van der Waals surface area contributed by atoms with E-state index in [1.54, 1.807) is 12.1 Å². The number of nitrogens with one attached hydrogen (secondary N) is 1. The Kier molecular flexibility index (Phi) is 3.93. The third-order valence-electron chi connectivity index (χ3n) is 4.41. The molecule has 1 amide bonds. The number of hydrogen-bond donors (Lipinski definition) is 1. The van der Waals surface area contributed by atoms with Crippen LogP contribution in [0.1, 0.15) is 13.3 Å². The largest absolute Gasteiger partial charge is 0.355 e. The van der Waals surface area contributed by atoms with Crippen LogP contribution < -0.4 is 5.32 Å². The van der Waals surface area contributed by atoms with Crippen molar-refractivity contribution in [2.75, 3.05) is 6.54 Å². The molecule has 112 valence electrons. The second kappa shape index (κ2) is 5.58. The zero-order valence-corrected chi connectivity index (χ0v) is 13.4. The van der Waals surface area contributed by atoms with Crippen molar-refractivity contribution in [3.05, 3.63) is 42.5 Å². The molecule has 3 nitrogen and oxygen atoms in total. The van der Waals surface area contributed by atoms with Gasteiger partial charge < -0.3 is 5.32 Å². The highest BCUT2D eigenvalue weighted by Crippen LogP contribution is 2.53. The molecule has 2 aliphatic carbocycles. The van der Waals surface area contributed by atoms with Crippen LogP contribution in [-0.2, 0) is 15.6 Å². The molecule has 1 aromatic rings. The fourth-order valence-electron chi connectivity index (χ4n) is 3.44. The topological polar surface area (TPSA) is 46.2 Å². The molecule has 2 bridgehead atoms. The van der Waals surface area contributed by atoms with Gasteiger partial charge in [-0.1, -0.05) is 30.4 Å². The zero-order chi connectivity index (χ0) is 15.0. The number of fused-ring (bicyclic) bond motifs is 2. The highest BCUT2D eigenvalue weighted by molar-refractivity contribution is 7.87. The van der Waals surface area contributed by atoms with E-state index in [9.17, 15) is 9.00 Å². The molecule has 1 fully saturated rings. The van der Waals surface area contributed by atoms with Gasteiger partial charge in [0.05, 0.1) is 16.2 Å². The van der Waals surface area contributed by atoms with Gasteiger partial charge in [0, 0.05) is 17.4 Å². The maximum atomic E-state index is 13.2. The van der Waals surface area contributed by atoms with Gasteiger partial charge in [0.1, 0.15) is 0 Å². The van der Waals surface area contributed by atoms with E-state index in [-0.39, 0.29) is 17.7 Å². The lowest BCUT2D eigenvalue weighted by molar-refractivity contribution is -0.124. The van der Waals surface area contributed by atoms with Gasteiger partial charge in [0.25, 0.3) is 0 Å². The Hall–Kier alpha value is -1.13. The van der Waals surface area contributed by atoms with Crippen molar-refractivity contribution in [3.8, 4) is 0 Å². The first kappa shape index (κ1) is 14.8. The summed E-state index contributed by atoms with van der Waals surface area (Å²) in [6, 6.07) is 9.15. The Labute approximate surface area is 132 Å². The lowest BCUT2D eigenvalue weighted by Gasteiger charge is -2.36. The number of amides is 1.